The van der Waals surface area contributed by atoms with E-state index < -0.39 is 10.8 Å². The van der Waals surface area contributed by atoms with Crippen molar-refractivity contribution in [1.82, 2.24) is 4.72 Å². The zero-order valence-corrected chi connectivity index (χ0v) is 9.57. The molecule has 0 amide bonds. The Kier molecular flexibility index (Phi) is 3.02. The molecule has 1 aliphatic rings. The summed E-state index contributed by atoms with van der Waals surface area (Å²) in [5, 5.41) is -0.158. The summed E-state index contributed by atoms with van der Waals surface area (Å²) in [5.74, 6) is 0. The summed E-state index contributed by atoms with van der Waals surface area (Å²) in [7, 11) is -2.68. The number of benzene rings is 1. The molecule has 3 N–H and O–H groups in total. The highest BCUT2D eigenvalue weighted by Crippen LogP contribution is 2.55. The van der Waals surface area contributed by atoms with Crippen LogP contribution in [0.2, 0.25) is 0 Å². The second kappa shape index (κ2) is 4.14. The summed E-state index contributed by atoms with van der Waals surface area (Å²) < 4.78 is 22.9. The predicted octanol–water partition coefficient (Wildman–Crippen LogP) is 3.17. The molecule has 1 aromatic rings. The van der Waals surface area contributed by atoms with Crippen molar-refractivity contribution in [2.24, 2.45) is 0 Å². The highest BCUT2D eigenvalue weighted by atomic mass is 32.3. The van der Waals surface area contributed by atoms with Crippen molar-refractivity contribution in [2.75, 3.05) is 0 Å². The van der Waals surface area contributed by atoms with E-state index in [1.54, 1.807) is 0 Å². The van der Waals surface area contributed by atoms with E-state index in [2.05, 4.69) is 4.72 Å². The van der Waals surface area contributed by atoms with Gasteiger partial charge in [-0.25, -0.2) is 4.72 Å². The van der Waals surface area contributed by atoms with E-state index in [-0.39, 0.29) is 11.3 Å². The Morgan fingerprint density at radius 2 is 1.87 bits per heavy atom. The molecule has 84 valence electrons. The Hall–Kier alpha value is -0.550. The molecular formula is C11H17NO2S. The van der Waals surface area contributed by atoms with Crippen molar-refractivity contribution in [3.8, 4) is 0 Å². The fourth-order valence-corrected chi connectivity index (χ4v) is 3.90. The van der Waals surface area contributed by atoms with E-state index in [0.717, 1.165) is 18.4 Å². The highest BCUT2D eigenvalue weighted by molar-refractivity contribution is 8.22. The standard InChI is InChI=1S/C11H17NO2S/c1-9-7-8-11(15(13,14)12-9)10-5-3-2-4-6-10/h2-6,9,11-14H,7-8H2,1H3/t9-,11+/m0/s1. The third-order valence-corrected chi connectivity index (χ3v) is 4.86. The number of hydrogen-bond donors (Lipinski definition) is 3. The summed E-state index contributed by atoms with van der Waals surface area (Å²) in [5.41, 5.74) is 1.01. The van der Waals surface area contributed by atoms with E-state index in [4.69, 9.17) is 0 Å². The van der Waals surface area contributed by atoms with Crippen LogP contribution in [0.4, 0.5) is 0 Å². The van der Waals surface area contributed by atoms with Crippen molar-refractivity contribution < 1.29 is 9.11 Å². The third kappa shape index (κ3) is 2.34. The minimum Gasteiger partial charge on any atom is -0.285 e. The van der Waals surface area contributed by atoms with Gasteiger partial charge in [-0.1, -0.05) is 30.3 Å². The molecule has 0 aliphatic carbocycles. The lowest BCUT2D eigenvalue weighted by Crippen LogP contribution is -2.37. The molecule has 4 heteroatoms. The molecule has 0 saturated carbocycles. The lowest BCUT2D eigenvalue weighted by atomic mass is 10.1. The third-order valence-electron chi connectivity index (χ3n) is 2.80. The van der Waals surface area contributed by atoms with Gasteiger partial charge in [-0.2, -0.15) is 0 Å². The number of nitrogens with one attached hydrogen (secondary N) is 1. The SMILES string of the molecule is C[C@H]1CC[C@H](c2ccccc2)S(O)(O)N1. The molecular weight excluding hydrogens is 210 g/mol. The molecule has 0 radical (unpaired) electrons. The van der Waals surface area contributed by atoms with Gasteiger partial charge in [0, 0.05) is 6.04 Å². The first-order valence-corrected chi connectivity index (χ1v) is 6.80. The van der Waals surface area contributed by atoms with Gasteiger partial charge in [0.05, 0.1) is 5.25 Å². The largest absolute Gasteiger partial charge is 0.285 e. The van der Waals surface area contributed by atoms with Gasteiger partial charge >= 0.3 is 0 Å². The van der Waals surface area contributed by atoms with Crippen LogP contribution in [0.5, 0.6) is 0 Å². The molecule has 2 rings (SSSR count). The van der Waals surface area contributed by atoms with Crippen molar-refractivity contribution in [3.05, 3.63) is 35.9 Å². The Morgan fingerprint density at radius 1 is 1.20 bits per heavy atom. The van der Waals surface area contributed by atoms with Crippen molar-refractivity contribution in [1.29, 1.82) is 0 Å². The molecule has 0 aromatic heterocycles. The maximum Gasteiger partial charge on any atom is 0.0888 e. The van der Waals surface area contributed by atoms with Crippen LogP contribution in [0.1, 0.15) is 30.6 Å². The summed E-state index contributed by atoms with van der Waals surface area (Å²) in [4.78, 5) is 0. The minimum atomic E-state index is -2.68. The maximum absolute atomic E-state index is 9.99. The fraction of sp³-hybridized carbons (Fsp3) is 0.455. The van der Waals surface area contributed by atoms with Crippen LogP contribution in [0.25, 0.3) is 0 Å². The Labute approximate surface area is 92.0 Å². The molecule has 0 unspecified atom stereocenters. The first-order chi connectivity index (χ1) is 7.09. The molecule has 2 atom stereocenters. The van der Waals surface area contributed by atoms with Crippen LogP contribution in [-0.4, -0.2) is 15.1 Å². The molecule has 1 aromatic carbocycles. The molecule has 0 spiro atoms. The first kappa shape index (κ1) is 11.0. The number of hydrogen-bond acceptors (Lipinski definition) is 3. The Bertz CT molecular complexity index is 329. The second-order valence-electron chi connectivity index (χ2n) is 4.09. The van der Waals surface area contributed by atoms with Gasteiger partial charge in [-0.3, -0.25) is 9.11 Å². The van der Waals surface area contributed by atoms with Gasteiger partial charge in [-0.05, 0) is 25.3 Å². The van der Waals surface area contributed by atoms with Gasteiger partial charge < -0.3 is 0 Å². The van der Waals surface area contributed by atoms with E-state index in [1.807, 2.05) is 37.3 Å². The summed E-state index contributed by atoms with van der Waals surface area (Å²) in [6.45, 7) is 1.98. The van der Waals surface area contributed by atoms with Crippen LogP contribution in [-0.2, 0) is 0 Å². The Balaban J connectivity index is 2.23. The van der Waals surface area contributed by atoms with Crippen LogP contribution in [0.3, 0.4) is 0 Å². The van der Waals surface area contributed by atoms with Gasteiger partial charge in [0.2, 0.25) is 0 Å². The average molecular weight is 227 g/mol. The molecule has 3 nitrogen and oxygen atoms in total. The first-order valence-electron chi connectivity index (χ1n) is 5.19. The summed E-state index contributed by atoms with van der Waals surface area (Å²) in [6.07, 6.45) is 1.82. The van der Waals surface area contributed by atoms with E-state index in [0.29, 0.717) is 0 Å². The van der Waals surface area contributed by atoms with Gasteiger partial charge in [0.1, 0.15) is 0 Å². The van der Waals surface area contributed by atoms with Crippen molar-refractivity contribution in [2.45, 2.75) is 31.1 Å². The molecule has 1 heterocycles. The highest BCUT2D eigenvalue weighted by Gasteiger charge is 2.32. The van der Waals surface area contributed by atoms with Crippen molar-refractivity contribution >= 4 is 10.8 Å². The summed E-state index contributed by atoms with van der Waals surface area (Å²) in [6, 6.07) is 9.91. The van der Waals surface area contributed by atoms with E-state index in [1.165, 1.54) is 0 Å². The van der Waals surface area contributed by atoms with Crippen molar-refractivity contribution in [3.63, 3.8) is 0 Å². The minimum absolute atomic E-state index is 0.158. The topological polar surface area (TPSA) is 52.5 Å². The van der Waals surface area contributed by atoms with Crippen LogP contribution < -0.4 is 4.72 Å². The second-order valence-corrected chi connectivity index (χ2v) is 6.08. The molecule has 15 heavy (non-hydrogen) atoms. The van der Waals surface area contributed by atoms with E-state index >= 15 is 0 Å². The average Bonchev–Trinajstić information content (AvgIpc) is 2.17. The maximum atomic E-state index is 9.99. The quantitative estimate of drug-likeness (QED) is 0.690. The monoisotopic (exact) mass is 227 g/mol. The lowest BCUT2D eigenvalue weighted by molar-refractivity contribution is 0.401. The zero-order valence-electron chi connectivity index (χ0n) is 8.76. The Morgan fingerprint density at radius 3 is 2.47 bits per heavy atom. The van der Waals surface area contributed by atoms with Gasteiger partial charge in [-0.15, -0.1) is 10.8 Å². The molecule has 1 aliphatic heterocycles. The fourth-order valence-electron chi connectivity index (χ4n) is 2.03. The lowest BCUT2D eigenvalue weighted by Gasteiger charge is -2.46. The summed E-state index contributed by atoms with van der Waals surface area (Å²) >= 11 is 0. The normalized spacial score (nSPS) is 32.2. The molecule has 1 fully saturated rings. The van der Waals surface area contributed by atoms with Crippen LogP contribution in [0.15, 0.2) is 30.3 Å². The zero-order chi connectivity index (χ0) is 10.9. The smallest absolute Gasteiger partial charge is 0.0888 e. The van der Waals surface area contributed by atoms with Crippen LogP contribution >= 0.6 is 10.8 Å². The van der Waals surface area contributed by atoms with E-state index in [9.17, 15) is 9.11 Å². The molecule has 0 bridgehead atoms. The predicted molar refractivity (Wildman–Crippen MR) is 63.9 cm³/mol. The van der Waals surface area contributed by atoms with Crippen LogP contribution in [0, 0.1) is 0 Å². The van der Waals surface area contributed by atoms with Gasteiger partial charge in [0.25, 0.3) is 0 Å². The van der Waals surface area contributed by atoms with Gasteiger partial charge in [0.15, 0.2) is 0 Å². The number of rotatable bonds is 1. The molecule has 1 saturated heterocycles.